The number of benzene rings is 1. The summed E-state index contributed by atoms with van der Waals surface area (Å²) in [5.41, 5.74) is 1.82. The van der Waals surface area contributed by atoms with Gasteiger partial charge in [-0.3, -0.25) is 14.5 Å². The number of nitrogens with zero attached hydrogens (tertiary/aromatic N) is 3. The molecule has 2 aliphatic heterocycles. The van der Waals surface area contributed by atoms with Gasteiger partial charge in [-0.2, -0.15) is 0 Å². The molecule has 1 aromatic rings. The van der Waals surface area contributed by atoms with Crippen LogP contribution in [0.3, 0.4) is 0 Å². The lowest BCUT2D eigenvalue weighted by Gasteiger charge is -2.41. The number of piperazine rings is 1. The Hall–Kier alpha value is -1.92. The normalized spacial score (nSPS) is 22.1. The Balaban J connectivity index is 1.32. The molecular formula is C26H40N4O2. The lowest BCUT2D eigenvalue weighted by Crippen LogP contribution is -2.58. The van der Waals surface area contributed by atoms with Crippen LogP contribution in [0, 0.1) is 12.8 Å². The third-order valence-electron chi connectivity index (χ3n) is 7.66. The van der Waals surface area contributed by atoms with E-state index in [1.165, 1.54) is 45.2 Å². The van der Waals surface area contributed by atoms with Crippen LogP contribution >= 0.6 is 0 Å². The summed E-state index contributed by atoms with van der Waals surface area (Å²) in [4.78, 5) is 33.1. The van der Waals surface area contributed by atoms with E-state index in [2.05, 4.69) is 15.1 Å². The minimum Gasteiger partial charge on any atom is -0.353 e. The topological polar surface area (TPSA) is 55.9 Å². The molecule has 6 nitrogen and oxygen atoms in total. The fourth-order valence-electron chi connectivity index (χ4n) is 5.76. The second-order valence-corrected chi connectivity index (χ2v) is 9.83. The van der Waals surface area contributed by atoms with E-state index in [0.29, 0.717) is 19.0 Å². The van der Waals surface area contributed by atoms with Crippen LogP contribution in [0.15, 0.2) is 24.3 Å². The standard InChI is InChI=1S/C26H40N4O2/c1-21-9-3-6-12-23(21)26(32)30-19-17-29(18-20-30)24(22-10-4-5-11-22)25(31)27-13-16-28-14-7-2-8-15-28/h3,6,9,12,22,24H,2,4-5,7-8,10-11,13-20H2,1H3,(H,27,31). The Morgan fingerprint density at radius 2 is 1.62 bits per heavy atom. The van der Waals surface area contributed by atoms with Gasteiger partial charge in [-0.1, -0.05) is 37.5 Å². The maximum atomic E-state index is 13.3. The Morgan fingerprint density at radius 3 is 2.31 bits per heavy atom. The number of likely N-dealkylation sites (tertiary alicyclic amines) is 1. The third-order valence-corrected chi connectivity index (χ3v) is 7.66. The molecule has 3 aliphatic rings. The molecule has 0 radical (unpaired) electrons. The molecule has 3 fully saturated rings. The quantitative estimate of drug-likeness (QED) is 0.708. The highest BCUT2D eigenvalue weighted by molar-refractivity contribution is 5.95. The molecule has 2 saturated heterocycles. The number of aryl methyl sites for hydroxylation is 1. The molecule has 1 atom stereocenters. The predicted molar refractivity (Wildman–Crippen MR) is 128 cm³/mol. The van der Waals surface area contributed by atoms with Gasteiger partial charge in [0.05, 0.1) is 6.04 Å². The summed E-state index contributed by atoms with van der Waals surface area (Å²) in [5.74, 6) is 0.766. The fraction of sp³-hybridized carbons (Fsp3) is 0.692. The van der Waals surface area contributed by atoms with E-state index in [9.17, 15) is 9.59 Å². The summed E-state index contributed by atoms with van der Waals surface area (Å²) in [6, 6.07) is 7.77. The molecule has 1 N–H and O–H groups in total. The van der Waals surface area contributed by atoms with Crippen LogP contribution in [0.2, 0.25) is 0 Å². The van der Waals surface area contributed by atoms with Crippen molar-refractivity contribution in [3.05, 3.63) is 35.4 Å². The average molecular weight is 441 g/mol. The van der Waals surface area contributed by atoms with Gasteiger partial charge in [-0.15, -0.1) is 0 Å². The highest BCUT2D eigenvalue weighted by Gasteiger charge is 2.37. The van der Waals surface area contributed by atoms with Gasteiger partial charge in [0.25, 0.3) is 5.91 Å². The van der Waals surface area contributed by atoms with Gasteiger partial charge in [0.2, 0.25) is 5.91 Å². The Kier molecular flexibility index (Phi) is 8.20. The molecule has 0 bridgehead atoms. The van der Waals surface area contributed by atoms with Crippen molar-refractivity contribution in [2.45, 2.75) is 57.9 Å². The molecule has 1 aromatic carbocycles. The average Bonchev–Trinajstić information content (AvgIpc) is 3.35. The third kappa shape index (κ3) is 5.70. The van der Waals surface area contributed by atoms with Crippen LogP contribution in [0.5, 0.6) is 0 Å². The lowest BCUT2D eigenvalue weighted by molar-refractivity contribution is -0.129. The van der Waals surface area contributed by atoms with Crippen molar-refractivity contribution in [3.8, 4) is 0 Å². The molecule has 4 rings (SSSR count). The van der Waals surface area contributed by atoms with Crippen molar-refractivity contribution in [3.63, 3.8) is 0 Å². The van der Waals surface area contributed by atoms with E-state index in [4.69, 9.17) is 0 Å². The van der Waals surface area contributed by atoms with Crippen molar-refractivity contribution in [2.24, 2.45) is 5.92 Å². The van der Waals surface area contributed by atoms with Crippen molar-refractivity contribution < 1.29 is 9.59 Å². The Labute approximate surface area is 193 Å². The van der Waals surface area contributed by atoms with Gasteiger partial charge >= 0.3 is 0 Å². The number of carbonyl (C=O) groups is 2. The smallest absolute Gasteiger partial charge is 0.254 e. The van der Waals surface area contributed by atoms with Gasteiger partial charge < -0.3 is 15.1 Å². The molecule has 0 spiro atoms. The summed E-state index contributed by atoms with van der Waals surface area (Å²) < 4.78 is 0. The summed E-state index contributed by atoms with van der Waals surface area (Å²) in [6.45, 7) is 8.96. The zero-order chi connectivity index (χ0) is 22.3. The molecule has 2 heterocycles. The molecule has 2 amide bonds. The van der Waals surface area contributed by atoms with E-state index in [1.807, 2.05) is 36.1 Å². The number of nitrogens with one attached hydrogen (secondary N) is 1. The van der Waals surface area contributed by atoms with Crippen LogP contribution in [0.4, 0.5) is 0 Å². The minimum atomic E-state index is -0.0467. The molecule has 176 valence electrons. The van der Waals surface area contributed by atoms with E-state index in [-0.39, 0.29) is 17.9 Å². The number of hydrogen-bond acceptors (Lipinski definition) is 4. The second kappa shape index (κ2) is 11.3. The molecule has 1 saturated carbocycles. The Morgan fingerprint density at radius 1 is 0.938 bits per heavy atom. The highest BCUT2D eigenvalue weighted by atomic mass is 16.2. The van der Waals surface area contributed by atoms with E-state index in [0.717, 1.165) is 50.1 Å². The molecule has 6 heteroatoms. The van der Waals surface area contributed by atoms with E-state index < -0.39 is 0 Å². The number of carbonyl (C=O) groups excluding carboxylic acids is 2. The van der Waals surface area contributed by atoms with Crippen LogP contribution in [-0.2, 0) is 4.79 Å². The maximum Gasteiger partial charge on any atom is 0.254 e. The summed E-state index contributed by atoms with van der Waals surface area (Å²) in [5, 5.41) is 3.27. The number of piperidine rings is 1. The lowest BCUT2D eigenvalue weighted by atomic mass is 9.95. The number of hydrogen-bond donors (Lipinski definition) is 1. The van der Waals surface area contributed by atoms with Crippen molar-refractivity contribution in [1.82, 2.24) is 20.0 Å². The van der Waals surface area contributed by atoms with Gasteiger partial charge in [-0.25, -0.2) is 0 Å². The van der Waals surface area contributed by atoms with E-state index in [1.54, 1.807) is 0 Å². The van der Waals surface area contributed by atoms with Crippen LogP contribution in [0.1, 0.15) is 60.9 Å². The zero-order valence-corrected chi connectivity index (χ0v) is 19.7. The van der Waals surface area contributed by atoms with Gasteiger partial charge in [0.1, 0.15) is 0 Å². The predicted octanol–water partition coefficient (Wildman–Crippen LogP) is 2.91. The molecule has 0 aromatic heterocycles. The monoisotopic (exact) mass is 440 g/mol. The van der Waals surface area contributed by atoms with Gasteiger partial charge in [0, 0.05) is 44.8 Å². The van der Waals surface area contributed by atoms with Crippen molar-refractivity contribution >= 4 is 11.8 Å². The summed E-state index contributed by atoms with van der Waals surface area (Å²) >= 11 is 0. The van der Waals surface area contributed by atoms with E-state index >= 15 is 0 Å². The second-order valence-electron chi connectivity index (χ2n) is 9.83. The first kappa shape index (κ1) is 23.2. The number of rotatable bonds is 7. The summed E-state index contributed by atoms with van der Waals surface area (Å²) in [7, 11) is 0. The molecular weight excluding hydrogens is 400 g/mol. The first-order chi connectivity index (χ1) is 15.6. The Bertz CT molecular complexity index is 763. The van der Waals surface area contributed by atoms with Gasteiger partial charge in [0.15, 0.2) is 0 Å². The molecule has 1 aliphatic carbocycles. The van der Waals surface area contributed by atoms with Crippen LogP contribution in [-0.4, -0.2) is 84.9 Å². The van der Waals surface area contributed by atoms with Crippen LogP contribution < -0.4 is 5.32 Å². The van der Waals surface area contributed by atoms with Crippen molar-refractivity contribution in [2.75, 3.05) is 52.4 Å². The molecule has 32 heavy (non-hydrogen) atoms. The SMILES string of the molecule is Cc1ccccc1C(=O)N1CCN(C(C(=O)NCCN2CCCCC2)C2CCCC2)CC1. The number of amides is 2. The van der Waals surface area contributed by atoms with Gasteiger partial charge in [-0.05, 0) is 63.2 Å². The summed E-state index contributed by atoms with van der Waals surface area (Å²) in [6.07, 6.45) is 8.65. The highest BCUT2D eigenvalue weighted by Crippen LogP contribution is 2.31. The fourth-order valence-corrected chi connectivity index (χ4v) is 5.76. The van der Waals surface area contributed by atoms with Crippen molar-refractivity contribution in [1.29, 1.82) is 0 Å². The maximum absolute atomic E-state index is 13.3. The largest absolute Gasteiger partial charge is 0.353 e. The van der Waals surface area contributed by atoms with Crippen LogP contribution in [0.25, 0.3) is 0 Å². The molecule has 1 unspecified atom stereocenters. The minimum absolute atomic E-state index is 0.0467. The first-order valence-electron chi connectivity index (χ1n) is 12.7. The zero-order valence-electron chi connectivity index (χ0n) is 19.7. The first-order valence-corrected chi connectivity index (χ1v) is 12.7.